The van der Waals surface area contributed by atoms with E-state index in [9.17, 15) is 29.8 Å². The molecular formula is C28H26N6O7S. The van der Waals surface area contributed by atoms with Gasteiger partial charge in [0.1, 0.15) is 16.7 Å². The van der Waals surface area contributed by atoms with Crippen molar-refractivity contribution in [3.05, 3.63) is 98.1 Å². The molecule has 3 aromatic carbocycles. The van der Waals surface area contributed by atoms with Crippen LogP contribution >= 0.6 is 11.8 Å². The fourth-order valence-electron chi connectivity index (χ4n) is 3.95. The quantitative estimate of drug-likeness (QED) is 0.181. The first-order valence-corrected chi connectivity index (χ1v) is 13.6. The number of nitrogens with zero attached hydrogens (tertiary/aromatic N) is 5. The number of ether oxygens (including phenoxy) is 1. The van der Waals surface area contributed by atoms with Crippen molar-refractivity contribution in [2.45, 2.75) is 32.4 Å². The van der Waals surface area contributed by atoms with Gasteiger partial charge in [-0.3, -0.25) is 29.8 Å². The number of carbonyl (C=O) groups excluding carboxylic acids is 2. The SMILES string of the molecule is CCOc1ccc(N=C2SC(CC(=O)Nc3ccc(C)cc3[N+](=O)[O-])C(=O)N2/N=C(\C)c2ccc([N+](=O)[O-])cc2)cc1. The largest absolute Gasteiger partial charge is 0.494 e. The molecule has 1 unspecified atom stereocenters. The summed E-state index contributed by atoms with van der Waals surface area (Å²) in [4.78, 5) is 52.3. The molecule has 42 heavy (non-hydrogen) atoms. The van der Waals surface area contributed by atoms with E-state index in [1.54, 1.807) is 44.2 Å². The highest BCUT2D eigenvalue weighted by molar-refractivity contribution is 8.15. The summed E-state index contributed by atoms with van der Waals surface area (Å²) < 4.78 is 5.46. The Bertz CT molecular complexity index is 1590. The topological polar surface area (TPSA) is 170 Å². The van der Waals surface area contributed by atoms with Crippen LogP contribution in [-0.4, -0.2) is 49.4 Å². The zero-order chi connectivity index (χ0) is 30.4. The molecule has 1 aliphatic rings. The van der Waals surface area contributed by atoms with Crippen molar-refractivity contribution in [1.82, 2.24) is 5.01 Å². The van der Waals surface area contributed by atoms with Crippen molar-refractivity contribution < 1.29 is 24.2 Å². The standard InChI is InChI=1S/C28H26N6O7S/c1-4-41-22-12-8-20(9-13-22)29-28-32(31-18(3)19-6-10-21(11-7-19)33(37)38)27(36)25(42-28)16-26(35)30-23-14-5-17(2)15-24(23)34(39)40/h5-15,25H,4,16H2,1-3H3,(H,30,35)/b29-28?,31-18+. The molecule has 4 rings (SSSR count). The van der Waals surface area contributed by atoms with Crippen molar-refractivity contribution in [3.63, 3.8) is 0 Å². The highest BCUT2D eigenvalue weighted by Gasteiger charge is 2.40. The maximum Gasteiger partial charge on any atom is 0.293 e. The molecule has 1 aliphatic heterocycles. The molecule has 216 valence electrons. The summed E-state index contributed by atoms with van der Waals surface area (Å²) in [6, 6.07) is 17.0. The number of aryl methyl sites for hydroxylation is 1. The molecule has 1 N–H and O–H groups in total. The highest BCUT2D eigenvalue weighted by Crippen LogP contribution is 2.34. The molecule has 1 fully saturated rings. The molecule has 0 aliphatic carbocycles. The van der Waals surface area contributed by atoms with Gasteiger partial charge in [0.15, 0.2) is 5.17 Å². The molecule has 13 nitrogen and oxygen atoms in total. The van der Waals surface area contributed by atoms with Crippen LogP contribution in [0, 0.1) is 27.2 Å². The Hall–Kier alpha value is -5.11. The van der Waals surface area contributed by atoms with Crippen LogP contribution in [0.2, 0.25) is 0 Å². The van der Waals surface area contributed by atoms with E-state index in [1.807, 2.05) is 6.92 Å². The number of anilines is 1. The third kappa shape index (κ3) is 7.14. The Morgan fingerprint density at radius 2 is 1.74 bits per heavy atom. The number of thioether (sulfide) groups is 1. The van der Waals surface area contributed by atoms with Gasteiger partial charge in [-0.15, -0.1) is 0 Å². The number of nitro benzene ring substituents is 2. The fourth-order valence-corrected chi connectivity index (χ4v) is 5.03. The van der Waals surface area contributed by atoms with Gasteiger partial charge >= 0.3 is 0 Å². The first kappa shape index (κ1) is 29.9. The normalized spacial score (nSPS) is 16.0. The van der Waals surface area contributed by atoms with E-state index in [-0.39, 0.29) is 28.7 Å². The third-order valence-corrected chi connectivity index (χ3v) is 7.15. The van der Waals surface area contributed by atoms with E-state index >= 15 is 0 Å². The van der Waals surface area contributed by atoms with Gasteiger partial charge in [0.2, 0.25) is 5.91 Å². The monoisotopic (exact) mass is 590 g/mol. The molecule has 14 heteroatoms. The molecule has 1 saturated heterocycles. The number of amidine groups is 1. The fraction of sp³-hybridized carbons (Fsp3) is 0.214. The number of carbonyl (C=O) groups is 2. The van der Waals surface area contributed by atoms with Crippen LogP contribution in [0.3, 0.4) is 0 Å². The molecule has 0 aromatic heterocycles. The summed E-state index contributed by atoms with van der Waals surface area (Å²) in [5.41, 5.74) is 1.80. The molecular weight excluding hydrogens is 564 g/mol. The van der Waals surface area contributed by atoms with Gasteiger partial charge in [-0.25, -0.2) is 4.99 Å². The number of benzene rings is 3. The summed E-state index contributed by atoms with van der Waals surface area (Å²) in [5.74, 6) is -0.453. The van der Waals surface area contributed by atoms with Crippen molar-refractivity contribution in [1.29, 1.82) is 0 Å². The van der Waals surface area contributed by atoms with Crippen LogP contribution in [0.1, 0.15) is 31.4 Å². The summed E-state index contributed by atoms with van der Waals surface area (Å²) in [6.07, 6.45) is -0.292. The lowest BCUT2D eigenvalue weighted by atomic mass is 10.1. The number of nitro groups is 2. The van der Waals surface area contributed by atoms with E-state index in [2.05, 4.69) is 15.4 Å². The Labute approximate surface area is 244 Å². The van der Waals surface area contributed by atoms with Crippen LogP contribution in [0.5, 0.6) is 5.75 Å². The van der Waals surface area contributed by atoms with E-state index < -0.39 is 26.9 Å². The second-order valence-electron chi connectivity index (χ2n) is 9.10. The van der Waals surface area contributed by atoms with Gasteiger partial charge < -0.3 is 10.1 Å². The Morgan fingerprint density at radius 3 is 2.36 bits per heavy atom. The molecule has 0 radical (unpaired) electrons. The predicted octanol–water partition coefficient (Wildman–Crippen LogP) is 5.59. The number of hydrogen-bond donors (Lipinski definition) is 1. The number of rotatable bonds is 10. The lowest BCUT2D eigenvalue weighted by molar-refractivity contribution is -0.384. The lowest BCUT2D eigenvalue weighted by Crippen LogP contribution is -2.30. The maximum atomic E-state index is 13.5. The van der Waals surface area contributed by atoms with Gasteiger partial charge in [-0.2, -0.15) is 10.1 Å². The molecule has 3 aromatic rings. The summed E-state index contributed by atoms with van der Waals surface area (Å²) in [5, 5.41) is 29.9. The van der Waals surface area contributed by atoms with Gasteiger partial charge in [0.25, 0.3) is 17.3 Å². The minimum atomic E-state index is -0.913. The number of amides is 2. The number of nitrogens with one attached hydrogen (secondary N) is 1. The Morgan fingerprint density at radius 1 is 1.05 bits per heavy atom. The average Bonchev–Trinajstić information content (AvgIpc) is 3.23. The maximum absolute atomic E-state index is 13.5. The minimum Gasteiger partial charge on any atom is -0.494 e. The number of aliphatic imine (C=N–C) groups is 1. The van der Waals surface area contributed by atoms with Crippen molar-refractivity contribution in [2.24, 2.45) is 10.1 Å². The zero-order valence-corrected chi connectivity index (χ0v) is 23.7. The lowest BCUT2D eigenvalue weighted by Gasteiger charge is -2.12. The average molecular weight is 591 g/mol. The van der Waals surface area contributed by atoms with Gasteiger partial charge in [-0.05, 0) is 74.4 Å². The van der Waals surface area contributed by atoms with Crippen LogP contribution in [-0.2, 0) is 9.59 Å². The first-order valence-electron chi connectivity index (χ1n) is 12.7. The van der Waals surface area contributed by atoms with Crippen molar-refractivity contribution >= 4 is 57.2 Å². The van der Waals surface area contributed by atoms with Crippen molar-refractivity contribution in [3.8, 4) is 5.75 Å². The molecule has 2 amide bonds. The second-order valence-corrected chi connectivity index (χ2v) is 10.3. The van der Waals surface area contributed by atoms with E-state index in [1.165, 1.54) is 36.4 Å². The number of hydrazone groups is 1. The van der Waals surface area contributed by atoms with Crippen LogP contribution < -0.4 is 10.1 Å². The summed E-state index contributed by atoms with van der Waals surface area (Å²) in [7, 11) is 0. The van der Waals surface area contributed by atoms with Crippen molar-refractivity contribution in [2.75, 3.05) is 11.9 Å². The predicted molar refractivity (Wildman–Crippen MR) is 159 cm³/mol. The number of hydrogen-bond acceptors (Lipinski definition) is 10. The van der Waals surface area contributed by atoms with E-state index in [4.69, 9.17) is 4.74 Å². The van der Waals surface area contributed by atoms with Crippen LogP contribution in [0.15, 0.2) is 76.8 Å². The Balaban J connectivity index is 1.61. The molecule has 0 bridgehead atoms. The van der Waals surface area contributed by atoms with Gasteiger partial charge in [0, 0.05) is 24.6 Å². The molecule has 0 saturated carbocycles. The smallest absolute Gasteiger partial charge is 0.293 e. The van der Waals surface area contributed by atoms with Crippen LogP contribution in [0.25, 0.3) is 0 Å². The highest BCUT2D eigenvalue weighted by atomic mass is 32.2. The molecule has 1 atom stereocenters. The van der Waals surface area contributed by atoms with Gasteiger partial charge in [-0.1, -0.05) is 17.8 Å². The Kier molecular flexibility index (Phi) is 9.27. The summed E-state index contributed by atoms with van der Waals surface area (Å²) >= 11 is 1.04. The van der Waals surface area contributed by atoms with E-state index in [0.717, 1.165) is 16.8 Å². The van der Waals surface area contributed by atoms with Crippen LogP contribution in [0.4, 0.5) is 22.7 Å². The third-order valence-electron chi connectivity index (χ3n) is 6.03. The summed E-state index contributed by atoms with van der Waals surface area (Å²) in [6.45, 7) is 5.71. The first-order chi connectivity index (χ1) is 20.0. The molecule has 0 spiro atoms. The number of non-ortho nitro benzene ring substituents is 1. The zero-order valence-electron chi connectivity index (χ0n) is 22.8. The minimum absolute atomic E-state index is 0.0261. The second kappa shape index (κ2) is 13.0. The van der Waals surface area contributed by atoms with Gasteiger partial charge in [0.05, 0.1) is 27.9 Å². The molecule has 1 heterocycles. The van der Waals surface area contributed by atoms with E-state index in [0.29, 0.717) is 34.9 Å².